The molecular weight excluding hydrogens is 319 g/mol. The third-order valence-corrected chi connectivity index (χ3v) is 4.48. The number of likely N-dealkylation sites (tertiary alicyclic amines) is 1. The first-order chi connectivity index (χ1) is 12.2. The highest BCUT2D eigenvalue weighted by Gasteiger charge is 2.23. The molecule has 1 saturated heterocycles. The molecule has 0 spiro atoms. The monoisotopic (exact) mass is 350 g/mol. The number of guanidine groups is 1. The first-order valence-electron chi connectivity index (χ1n) is 9.22. The number of methoxy groups -OCH3 is 1. The number of hydrogen-bond donors (Lipinski definition) is 2. The summed E-state index contributed by atoms with van der Waals surface area (Å²) in [5, 5.41) is 6.63. The Kier molecular flexibility index (Phi) is 8.69. The Morgan fingerprint density at radius 2 is 2.28 bits per heavy atom. The lowest BCUT2D eigenvalue weighted by Gasteiger charge is -2.23. The van der Waals surface area contributed by atoms with E-state index in [1.54, 1.807) is 19.2 Å². The van der Waals surface area contributed by atoms with E-state index in [9.17, 15) is 4.39 Å². The molecule has 0 amide bonds. The summed E-state index contributed by atoms with van der Waals surface area (Å²) in [6.07, 6.45) is 3.19. The van der Waals surface area contributed by atoms with Crippen LogP contribution in [0, 0.1) is 5.82 Å². The van der Waals surface area contributed by atoms with Gasteiger partial charge < -0.3 is 15.4 Å². The number of nitrogens with one attached hydrogen (secondary N) is 2. The van der Waals surface area contributed by atoms with E-state index in [1.807, 2.05) is 6.07 Å². The van der Waals surface area contributed by atoms with Crippen molar-refractivity contribution in [2.24, 2.45) is 4.99 Å². The van der Waals surface area contributed by atoms with E-state index in [1.165, 1.54) is 18.9 Å². The average molecular weight is 350 g/mol. The smallest absolute Gasteiger partial charge is 0.191 e. The van der Waals surface area contributed by atoms with Crippen LogP contribution in [0.25, 0.3) is 0 Å². The molecule has 1 aliphatic heterocycles. The standard InChI is InChI=1S/C19H31FN4O/c1-3-21-19(22-10-9-16-6-4-7-17(20)14-16)23-15-18-8-5-11-24(18)12-13-25-2/h4,6-7,14,18H,3,5,8-13,15H2,1-2H3,(H2,21,22,23). The van der Waals surface area contributed by atoms with Gasteiger partial charge in [0.05, 0.1) is 13.2 Å². The molecule has 1 aromatic carbocycles. The van der Waals surface area contributed by atoms with Crippen molar-refractivity contribution in [1.29, 1.82) is 0 Å². The predicted molar refractivity (Wildman–Crippen MR) is 101 cm³/mol. The minimum Gasteiger partial charge on any atom is -0.383 e. The number of rotatable bonds is 9. The SMILES string of the molecule is CCNC(=NCC1CCCN1CCOC)NCCc1cccc(F)c1. The maximum atomic E-state index is 13.2. The van der Waals surface area contributed by atoms with Crippen LogP contribution in [0.15, 0.2) is 29.3 Å². The topological polar surface area (TPSA) is 48.9 Å². The quantitative estimate of drug-likeness (QED) is 0.529. The molecule has 2 N–H and O–H groups in total. The van der Waals surface area contributed by atoms with Crippen LogP contribution in [-0.4, -0.2) is 63.3 Å². The molecule has 25 heavy (non-hydrogen) atoms. The highest BCUT2D eigenvalue weighted by Crippen LogP contribution is 2.16. The fourth-order valence-electron chi connectivity index (χ4n) is 3.16. The average Bonchev–Trinajstić information content (AvgIpc) is 3.05. The highest BCUT2D eigenvalue weighted by atomic mass is 19.1. The van der Waals surface area contributed by atoms with Crippen LogP contribution in [0.1, 0.15) is 25.3 Å². The molecular formula is C19H31FN4O. The van der Waals surface area contributed by atoms with E-state index in [4.69, 9.17) is 9.73 Å². The molecule has 1 heterocycles. The van der Waals surface area contributed by atoms with Gasteiger partial charge in [-0.15, -0.1) is 0 Å². The molecule has 0 bridgehead atoms. The largest absolute Gasteiger partial charge is 0.383 e. The van der Waals surface area contributed by atoms with Crippen molar-refractivity contribution in [3.05, 3.63) is 35.6 Å². The minimum absolute atomic E-state index is 0.185. The van der Waals surface area contributed by atoms with Crippen molar-refractivity contribution in [2.45, 2.75) is 32.2 Å². The third-order valence-electron chi connectivity index (χ3n) is 4.48. The van der Waals surface area contributed by atoms with Crippen LogP contribution >= 0.6 is 0 Å². The fourth-order valence-corrected chi connectivity index (χ4v) is 3.16. The van der Waals surface area contributed by atoms with Crippen LogP contribution in [0.4, 0.5) is 4.39 Å². The molecule has 0 radical (unpaired) electrons. The molecule has 5 nitrogen and oxygen atoms in total. The Morgan fingerprint density at radius 1 is 1.40 bits per heavy atom. The van der Waals surface area contributed by atoms with E-state index in [0.29, 0.717) is 6.04 Å². The van der Waals surface area contributed by atoms with Gasteiger partial charge in [-0.3, -0.25) is 9.89 Å². The zero-order valence-corrected chi connectivity index (χ0v) is 15.4. The van der Waals surface area contributed by atoms with Crippen molar-refractivity contribution >= 4 is 5.96 Å². The third kappa shape index (κ3) is 7.00. The van der Waals surface area contributed by atoms with Gasteiger partial charge in [0.2, 0.25) is 0 Å². The summed E-state index contributed by atoms with van der Waals surface area (Å²) in [5.74, 6) is 0.646. The number of aliphatic imine (C=N–C) groups is 1. The first kappa shape index (κ1) is 19.7. The number of benzene rings is 1. The van der Waals surface area contributed by atoms with E-state index in [2.05, 4.69) is 22.5 Å². The van der Waals surface area contributed by atoms with Gasteiger partial charge in [-0.25, -0.2) is 4.39 Å². The summed E-state index contributed by atoms with van der Waals surface area (Å²) < 4.78 is 18.4. The Balaban J connectivity index is 1.81. The summed E-state index contributed by atoms with van der Waals surface area (Å²) in [6.45, 7) is 7.28. The summed E-state index contributed by atoms with van der Waals surface area (Å²) in [6, 6.07) is 7.24. The maximum Gasteiger partial charge on any atom is 0.191 e. The van der Waals surface area contributed by atoms with E-state index in [-0.39, 0.29) is 5.82 Å². The molecule has 2 rings (SSSR count). The van der Waals surface area contributed by atoms with Gasteiger partial charge >= 0.3 is 0 Å². The number of nitrogens with zero attached hydrogens (tertiary/aromatic N) is 2. The van der Waals surface area contributed by atoms with Gasteiger partial charge in [0.25, 0.3) is 0 Å². The second kappa shape index (κ2) is 11.1. The normalized spacial score (nSPS) is 18.5. The summed E-state index contributed by atoms with van der Waals surface area (Å²) in [7, 11) is 1.75. The molecule has 1 aromatic rings. The molecule has 1 atom stereocenters. The number of hydrogen-bond acceptors (Lipinski definition) is 3. The van der Waals surface area contributed by atoms with Gasteiger partial charge in [0, 0.05) is 32.8 Å². The Labute approximate surface area is 150 Å². The predicted octanol–water partition coefficient (Wildman–Crippen LogP) is 2.03. The summed E-state index contributed by atoms with van der Waals surface area (Å²) in [4.78, 5) is 7.20. The van der Waals surface area contributed by atoms with Gasteiger partial charge in [-0.1, -0.05) is 12.1 Å². The lowest BCUT2D eigenvalue weighted by atomic mass is 10.1. The van der Waals surface area contributed by atoms with Crippen molar-refractivity contribution in [3.63, 3.8) is 0 Å². The molecule has 1 unspecified atom stereocenters. The van der Waals surface area contributed by atoms with Crippen LogP contribution in [-0.2, 0) is 11.2 Å². The number of ether oxygens (including phenoxy) is 1. The lowest BCUT2D eigenvalue weighted by Crippen LogP contribution is -2.40. The fraction of sp³-hybridized carbons (Fsp3) is 0.632. The molecule has 140 valence electrons. The van der Waals surface area contributed by atoms with E-state index >= 15 is 0 Å². The summed E-state index contributed by atoms with van der Waals surface area (Å²) in [5.41, 5.74) is 0.991. The van der Waals surface area contributed by atoms with E-state index in [0.717, 1.165) is 57.3 Å². The van der Waals surface area contributed by atoms with Gasteiger partial charge in [-0.05, 0) is 50.4 Å². The van der Waals surface area contributed by atoms with Gasteiger partial charge in [0.1, 0.15) is 5.82 Å². The summed E-state index contributed by atoms with van der Waals surface area (Å²) >= 11 is 0. The van der Waals surface area contributed by atoms with Crippen molar-refractivity contribution < 1.29 is 9.13 Å². The second-order valence-corrected chi connectivity index (χ2v) is 6.35. The zero-order valence-electron chi connectivity index (χ0n) is 15.4. The molecule has 0 aromatic heterocycles. The maximum absolute atomic E-state index is 13.2. The van der Waals surface area contributed by atoms with Crippen molar-refractivity contribution in [2.75, 3.05) is 46.4 Å². The van der Waals surface area contributed by atoms with E-state index < -0.39 is 0 Å². The molecule has 6 heteroatoms. The minimum atomic E-state index is -0.185. The molecule has 1 fully saturated rings. The van der Waals surface area contributed by atoms with Crippen molar-refractivity contribution in [1.82, 2.24) is 15.5 Å². The molecule has 0 aliphatic carbocycles. The van der Waals surface area contributed by atoms with Crippen LogP contribution in [0.2, 0.25) is 0 Å². The zero-order chi connectivity index (χ0) is 17.9. The molecule has 1 aliphatic rings. The second-order valence-electron chi connectivity index (χ2n) is 6.35. The highest BCUT2D eigenvalue weighted by molar-refractivity contribution is 5.79. The first-order valence-corrected chi connectivity index (χ1v) is 9.22. The van der Waals surface area contributed by atoms with Crippen LogP contribution in [0.3, 0.4) is 0 Å². The van der Waals surface area contributed by atoms with Crippen LogP contribution in [0.5, 0.6) is 0 Å². The number of halogens is 1. The van der Waals surface area contributed by atoms with Crippen molar-refractivity contribution in [3.8, 4) is 0 Å². The van der Waals surface area contributed by atoms with Gasteiger partial charge in [-0.2, -0.15) is 0 Å². The Morgan fingerprint density at radius 3 is 3.04 bits per heavy atom. The lowest BCUT2D eigenvalue weighted by molar-refractivity contribution is 0.142. The Hall–Kier alpha value is -1.66. The van der Waals surface area contributed by atoms with Gasteiger partial charge in [0.15, 0.2) is 5.96 Å². The molecule has 0 saturated carbocycles. The Bertz CT molecular complexity index is 538. The van der Waals surface area contributed by atoms with Crippen LogP contribution < -0.4 is 10.6 Å².